The maximum Gasteiger partial charge on any atom is 0.345 e. The highest BCUT2D eigenvalue weighted by molar-refractivity contribution is 6.01. The molecule has 9 nitrogen and oxygen atoms in total. The molecule has 0 saturated carbocycles. The van der Waals surface area contributed by atoms with Crippen LogP contribution in [0.15, 0.2) is 18.2 Å². The van der Waals surface area contributed by atoms with Crippen molar-refractivity contribution in [3.8, 4) is 11.5 Å². The smallest absolute Gasteiger partial charge is 0.345 e. The van der Waals surface area contributed by atoms with Crippen LogP contribution in [0.3, 0.4) is 0 Å². The van der Waals surface area contributed by atoms with Gasteiger partial charge in [-0.05, 0) is 26.8 Å². The summed E-state index contributed by atoms with van der Waals surface area (Å²) in [5, 5.41) is 11.3. The van der Waals surface area contributed by atoms with Crippen LogP contribution in [-0.4, -0.2) is 41.6 Å². The number of benzene rings is 1. The molecule has 150 valence electrons. The summed E-state index contributed by atoms with van der Waals surface area (Å²) >= 11 is 0. The predicted octanol–water partition coefficient (Wildman–Crippen LogP) is 3.00. The Morgan fingerprint density at radius 3 is 2.32 bits per heavy atom. The van der Waals surface area contributed by atoms with Gasteiger partial charge in [-0.2, -0.15) is 0 Å². The van der Waals surface area contributed by atoms with Gasteiger partial charge < -0.3 is 18.8 Å². The third-order valence-corrected chi connectivity index (χ3v) is 4.41. The number of esters is 1. The van der Waals surface area contributed by atoms with Gasteiger partial charge in [-0.25, -0.2) is 4.79 Å². The molecule has 0 fully saturated rings. The topological polar surface area (TPSA) is 110 Å². The van der Waals surface area contributed by atoms with Crippen LogP contribution in [0.4, 0.5) is 5.69 Å². The van der Waals surface area contributed by atoms with Crippen LogP contribution in [0.5, 0.6) is 11.5 Å². The Morgan fingerprint density at radius 2 is 1.82 bits per heavy atom. The third-order valence-electron chi connectivity index (χ3n) is 4.41. The van der Waals surface area contributed by atoms with E-state index in [2.05, 4.69) is 0 Å². The number of nitro groups is 1. The number of rotatable bonds is 8. The Hall–Kier alpha value is -3.36. The fourth-order valence-electron chi connectivity index (χ4n) is 2.72. The summed E-state index contributed by atoms with van der Waals surface area (Å²) in [7, 11) is 3.16. The van der Waals surface area contributed by atoms with Crippen LogP contribution in [0.2, 0.25) is 0 Å². The van der Waals surface area contributed by atoms with Gasteiger partial charge in [-0.15, -0.1) is 0 Å². The number of ketones is 1. The maximum atomic E-state index is 12.4. The minimum Gasteiger partial charge on any atom is -0.493 e. The van der Waals surface area contributed by atoms with Gasteiger partial charge in [-0.3, -0.25) is 14.9 Å². The molecule has 1 aromatic heterocycles. The minimum atomic E-state index is -0.992. The summed E-state index contributed by atoms with van der Waals surface area (Å²) in [6.45, 7) is 5.10. The lowest BCUT2D eigenvalue weighted by Crippen LogP contribution is -2.16. The number of hydrogen-bond acceptors (Lipinski definition) is 7. The number of carbonyl (C=O) groups is 2. The first-order valence-electron chi connectivity index (χ1n) is 8.53. The van der Waals surface area contributed by atoms with Gasteiger partial charge in [0.25, 0.3) is 5.69 Å². The van der Waals surface area contributed by atoms with E-state index in [9.17, 15) is 19.7 Å². The second-order valence-corrected chi connectivity index (χ2v) is 6.05. The number of Topliss-reactive ketones (excluding diaryl/α,β-unsaturated/α-hetero) is 1. The number of ether oxygens (including phenoxy) is 3. The Balaban J connectivity index is 2.27. The van der Waals surface area contributed by atoms with Crippen molar-refractivity contribution in [3.05, 3.63) is 50.8 Å². The number of methoxy groups -OCH3 is 1. The van der Waals surface area contributed by atoms with Gasteiger partial charge in [-0.1, -0.05) is 0 Å². The number of nitro benzene ring substituents is 1. The molecule has 1 aromatic carbocycles. The number of hydrogen-bond donors (Lipinski definition) is 0. The van der Waals surface area contributed by atoms with Crippen LogP contribution in [0.1, 0.15) is 39.0 Å². The molecule has 0 radical (unpaired) electrons. The van der Waals surface area contributed by atoms with Gasteiger partial charge in [0.05, 0.1) is 24.7 Å². The van der Waals surface area contributed by atoms with E-state index >= 15 is 0 Å². The fraction of sp³-hybridized carbons (Fsp3) is 0.368. The van der Waals surface area contributed by atoms with Crippen LogP contribution >= 0.6 is 0 Å². The molecule has 9 heteroatoms. The van der Waals surface area contributed by atoms with Gasteiger partial charge in [0.1, 0.15) is 5.56 Å². The van der Waals surface area contributed by atoms with Crippen LogP contribution in [0, 0.1) is 24.0 Å². The molecule has 0 aliphatic carbocycles. The van der Waals surface area contributed by atoms with Crippen molar-refractivity contribution in [2.75, 3.05) is 20.3 Å². The van der Waals surface area contributed by atoms with Crippen LogP contribution in [-0.2, 0) is 11.8 Å². The van der Waals surface area contributed by atoms with Crippen molar-refractivity contribution in [1.82, 2.24) is 4.57 Å². The zero-order valence-corrected chi connectivity index (χ0v) is 16.4. The highest BCUT2D eigenvalue weighted by atomic mass is 16.6. The van der Waals surface area contributed by atoms with E-state index in [1.54, 1.807) is 19.9 Å². The summed E-state index contributed by atoms with van der Waals surface area (Å²) in [6.07, 6.45) is 0. The maximum absolute atomic E-state index is 12.4. The van der Waals surface area contributed by atoms with Gasteiger partial charge in [0.15, 0.2) is 18.1 Å². The summed E-state index contributed by atoms with van der Waals surface area (Å²) in [5.41, 5.74) is 1.26. The molecule has 0 unspecified atom stereocenters. The number of aryl methyl sites for hydroxylation is 1. The molecule has 1 heterocycles. The minimum absolute atomic E-state index is 0.122. The van der Waals surface area contributed by atoms with Crippen molar-refractivity contribution in [3.63, 3.8) is 0 Å². The Kier molecular flexibility index (Phi) is 6.40. The fourth-order valence-corrected chi connectivity index (χ4v) is 2.72. The van der Waals surface area contributed by atoms with Crippen molar-refractivity contribution >= 4 is 17.4 Å². The molecule has 0 saturated heterocycles. The Morgan fingerprint density at radius 1 is 1.14 bits per heavy atom. The third kappa shape index (κ3) is 4.13. The largest absolute Gasteiger partial charge is 0.493 e. The van der Waals surface area contributed by atoms with Crippen molar-refractivity contribution in [2.24, 2.45) is 7.05 Å². The number of nitrogens with zero attached hydrogens (tertiary/aromatic N) is 2. The Labute approximate surface area is 162 Å². The standard InChI is InChI=1S/C19H22N2O7/c1-6-27-18-8-14(15(21(24)25)9-17(18)26-5)19(23)28-10-16(22)13-7-11(2)20(4)12(13)3/h7-9H,6,10H2,1-5H3. The monoisotopic (exact) mass is 390 g/mol. The van der Waals surface area contributed by atoms with Crippen molar-refractivity contribution in [1.29, 1.82) is 0 Å². The van der Waals surface area contributed by atoms with Gasteiger partial charge >= 0.3 is 5.97 Å². The van der Waals surface area contributed by atoms with E-state index < -0.39 is 29.0 Å². The quantitative estimate of drug-likeness (QED) is 0.295. The summed E-state index contributed by atoms with van der Waals surface area (Å²) in [4.78, 5) is 35.4. The molecule has 28 heavy (non-hydrogen) atoms. The molecule has 0 N–H and O–H groups in total. The lowest BCUT2D eigenvalue weighted by atomic mass is 10.1. The highest BCUT2D eigenvalue weighted by Crippen LogP contribution is 2.35. The van der Waals surface area contributed by atoms with Crippen molar-refractivity contribution in [2.45, 2.75) is 20.8 Å². The van der Waals surface area contributed by atoms with Gasteiger partial charge in [0, 0.05) is 30.1 Å². The molecular formula is C19H22N2O7. The van der Waals surface area contributed by atoms with Crippen LogP contribution < -0.4 is 9.47 Å². The second kappa shape index (κ2) is 8.55. The predicted molar refractivity (Wildman–Crippen MR) is 100 cm³/mol. The summed E-state index contributed by atoms with van der Waals surface area (Å²) < 4.78 is 17.3. The summed E-state index contributed by atoms with van der Waals surface area (Å²) in [6, 6.07) is 3.98. The van der Waals surface area contributed by atoms with E-state index in [0.717, 1.165) is 17.5 Å². The molecule has 0 aliphatic rings. The first kappa shape index (κ1) is 20.9. The second-order valence-electron chi connectivity index (χ2n) is 6.05. The summed E-state index contributed by atoms with van der Waals surface area (Å²) in [5.74, 6) is -1.09. The van der Waals surface area contributed by atoms with E-state index in [1.165, 1.54) is 13.2 Å². The Bertz CT molecular complexity index is 931. The SMILES string of the molecule is CCOc1cc(C(=O)OCC(=O)c2cc(C)n(C)c2C)c([N+](=O)[O-])cc1OC. The van der Waals surface area contributed by atoms with E-state index in [-0.39, 0.29) is 23.7 Å². The zero-order chi connectivity index (χ0) is 21.0. The first-order valence-corrected chi connectivity index (χ1v) is 8.53. The molecular weight excluding hydrogens is 368 g/mol. The molecule has 0 spiro atoms. The number of carbonyl (C=O) groups excluding carboxylic acids is 2. The normalized spacial score (nSPS) is 10.5. The highest BCUT2D eigenvalue weighted by Gasteiger charge is 2.27. The zero-order valence-electron chi connectivity index (χ0n) is 16.4. The molecule has 2 aromatic rings. The lowest BCUT2D eigenvalue weighted by molar-refractivity contribution is -0.385. The average Bonchev–Trinajstić information content (AvgIpc) is 2.93. The van der Waals surface area contributed by atoms with E-state index in [0.29, 0.717) is 5.56 Å². The van der Waals surface area contributed by atoms with Crippen molar-refractivity contribution < 1.29 is 28.7 Å². The lowest BCUT2D eigenvalue weighted by Gasteiger charge is -2.11. The van der Waals surface area contributed by atoms with E-state index in [1.807, 2.05) is 18.5 Å². The molecule has 0 bridgehead atoms. The van der Waals surface area contributed by atoms with Gasteiger partial charge in [0.2, 0.25) is 5.78 Å². The van der Waals surface area contributed by atoms with E-state index in [4.69, 9.17) is 14.2 Å². The average molecular weight is 390 g/mol. The van der Waals surface area contributed by atoms with Crippen LogP contribution in [0.25, 0.3) is 0 Å². The molecule has 2 rings (SSSR count). The number of aromatic nitrogens is 1. The first-order chi connectivity index (χ1) is 13.2. The molecule has 0 amide bonds. The molecule has 0 aliphatic heterocycles. The molecule has 0 atom stereocenters.